The summed E-state index contributed by atoms with van der Waals surface area (Å²) in [6, 6.07) is 0.150. The number of hydrogen-bond donors (Lipinski definition) is 1. The summed E-state index contributed by atoms with van der Waals surface area (Å²) in [5, 5.41) is 0. The van der Waals surface area contributed by atoms with Crippen LogP contribution in [0.1, 0.15) is 33.1 Å². The summed E-state index contributed by atoms with van der Waals surface area (Å²) in [7, 11) is 1.72. The molecule has 2 nitrogen and oxygen atoms in total. The summed E-state index contributed by atoms with van der Waals surface area (Å²) in [6.45, 7) is 7.96. The molecule has 0 saturated carbocycles. The van der Waals surface area contributed by atoms with Crippen LogP contribution >= 0.6 is 0 Å². The summed E-state index contributed by atoms with van der Waals surface area (Å²) in [4.78, 5) is 0. The van der Waals surface area contributed by atoms with Crippen LogP contribution in [-0.2, 0) is 4.74 Å². The summed E-state index contributed by atoms with van der Waals surface area (Å²) >= 11 is 0. The van der Waals surface area contributed by atoms with E-state index in [0.717, 1.165) is 19.3 Å². The third-order valence-electron chi connectivity index (χ3n) is 2.09. The summed E-state index contributed by atoms with van der Waals surface area (Å²) in [5.41, 5.74) is 7.11. The lowest BCUT2D eigenvalue weighted by Crippen LogP contribution is -2.35. The molecule has 0 aliphatic rings. The number of nitrogens with two attached hydrogens (primary N) is 1. The second-order valence-corrected chi connectivity index (χ2v) is 3.34. The predicted octanol–water partition coefficient (Wildman–Crippen LogP) is 2.09. The Morgan fingerprint density at radius 2 is 2.17 bits per heavy atom. The van der Waals surface area contributed by atoms with Crippen molar-refractivity contribution in [1.29, 1.82) is 0 Å². The second kappa shape index (κ2) is 6.21. The highest BCUT2D eigenvalue weighted by Gasteiger charge is 2.13. The second-order valence-electron chi connectivity index (χ2n) is 3.34. The lowest BCUT2D eigenvalue weighted by atomic mass is 10.0. The van der Waals surface area contributed by atoms with Crippen LogP contribution in [0.3, 0.4) is 0 Å². The largest absolute Gasteiger partial charge is 0.380 e. The first-order chi connectivity index (χ1) is 5.61. The van der Waals surface area contributed by atoms with Crippen LogP contribution in [0.2, 0.25) is 0 Å². The van der Waals surface area contributed by atoms with Gasteiger partial charge in [-0.1, -0.05) is 12.5 Å². The maximum Gasteiger partial charge on any atom is 0.0719 e. The molecule has 2 atom stereocenters. The molecule has 0 aromatic carbocycles. The fourth-order valence-corrected chi connectivity index (χ4v) is 1.24. The minimum absolute atomic E-state index is 0.150. The molecular weight excluding hydrogens is 150 g/mol. The van der Waals surface area contributed by atoms with Crippen molar-refractivity contribution in [2.24, 2.45) is 5.73 Å². The van der Waals surface area contributed by atoms with Gasteiger partial charge < -0.3 is 10.5 Å². The zero-order valence-electron chi connectivity index (χ0n) is 8.47. The van der Waals surface area contributed by atoms with Crippen molar-refractivity contribution in [3.05, 3.63) is 12.2 Å². The van der Waals surface area contributed by atoms with Gasteiger partial charge in [0.15, 0.2) is 0 Å². The van der Waals surface area contributed by atoms with Gasteiger partial charge in [0, 0.05) is 13.2 Å². The first kappa shape index (κ1) is 11.7. The number of allylic oxidation sites excluding steroid dienone is 1. The van der Waals surface area contributed by atoms with Gasteiger partial charge >= 0.3 is 0 Å². The Kier molecular flexibility index (Phi) is 6.03. The van der Waals surface area contributed by atoms with Crippen molar-refractivity contribution in [2.45, 2.75) is 45.3 Å². The minimum Gasteiger partial charge on any atom is -0.380 e. The fourth-order valence-electron chi connectivity index (χ4n) is 1.24. The Morgan fingerprint density at radius 1 is 1.58 bits per heavy atom. The van der Waals surface area contributed by atoms with Gasteiger partial charge in [0.05, 0.1) is 6.10 Å². The third-order valence-corrected chi connectivity index (χ3v) is 2.09. The summed E-state index contributed by atoms with van der Waals surface area (Å²) < 4.78 is 5.24. The van der Waals surface area contributed by atoms with E-state index in [1.807, 2.05) is 6.92 Å². The Balaban J connectivity index is 3.68. The molecule has 0 bridgehead atoms. The highest BCUT2D eigenvalue weighted by molar-refractivity contribution is 4.89. The smallest absolute Gasteiger partial charge is 0.0719 e. The molecule has 12 heavy (non-hydrogen) atoms. The van der Waals surface area contributed by atoms with Crippen molar-refractivity contribution in [2.75, 3.05) is 7.11 Å². The molecular formula is C10H21NO. The van der Waals surface area contributed by atoms with Crippen LogP contribution in [0.5, 0.6) is 0 Å². The van der Waals surface area contributed by atoms with E-state index in [4.69, 9.17) is 10.5 Å². The van der Waals surface area contributed by atoms with Gasteiger partial charge in [-0.25, -0.2) is 0 Å². The first-order valence-corrected chi connectivity index (χ1v) is 4.54. The van der Waals surface area contributed by atoms with Crippen molar-refractivity contribution < 1.29 is 4.74 Å². The van der Waals surface area contributed by atoms with E-state index in [9.17, 15) is 0 Å². The Bertz CT molecular complexity index is 130. The number of rotatable bonds is 6. The molecule has 0 aliphatic carbocycles. The number of ether oxygens (including phenoxy) is 1. The summed E-state index contributed by atoms with van der Waals surface area (Å²) in [5.74, 6) is 0. The molecule has 0 spiro atoms. The monoisotopic (exact) mass is 171 g/mol. The van der Waals surface area contributed by atoms with Gasteiger partial charge in [-0.2, -0.15) is 0 Å². The highest BCUT2D eigenvalue weighted by atomic mass is 16.5. The molecule has 72 valence electrons. The van der Waals surface area contributed by atoms with Gasteiger partial charge in [-0.3, -0.25) is 0 Å². The molecule has 0 amide bonds. The highest BCUT2D eigenvalue weighted by Crippen LogP contribution is 2.09. The zero-order valence-corrected chi connectivity index (χ0v) is 8.47. The molecule has 0 fully saturated rings. The zero-order chi connectivity index (χ0) is 9.56. The Hall–Kier alpha value is -0.340. The van der Waals surface area contributed by atoms with Crippen LogP contribution in [-0.4, -0.2) is 19.3 Å². The van der Waals surface area contributed by atoms with E-state index in [0.29, 0.717) is 0 Å². The van der Waals surface area contributed by atoms with Crippen LogP contribution in [0.15, 0.2) is 12.2 Å². The quantitative estimate of drug-likeness (QED) is 0.621. The maximum atomic E-state index is 5.92. The normalized spacial score (nSPS) is 15.7. The molecule has 2 N–H and O–H groups in total. The van der Waals surface area contributed by atoms with Gasteiger partial charge in [0.1, 0.15) is 0 Å². The van der Waals surface area contributed by atoms with E-state index in [-0.39, 0.29) is 12.1 Å². The average Bonchev–Trinajstić information content (AvgIpc) is 2.03. The summed E-state index contributed by atoms with van der Waals surface area (Å²) in [6.07, 6.45) is 3.15. The molecule has 0 aromatic heterocycles. The van der Waals surface area contributed by atoms with Crippen LogP contribution < -0.4 is 5.73 Å². The SMILES string of the molecule is C=C(C)CCC(N)C(CC)OC. The number of hydrogen-bond acceptors (Lipinski definition) is 2. The van der Waals surface area contributed by atoms with Crippen LogP contribution in [0.4, 0.5) is 0 Å². The van der Waals surface area contributed by atoms with E-state index in [1.54, 1.807) is 7.11 Å². The molecule has 0 radical (unpaired) electrons. The molecule has 0 aliphatic heterocycles. The van der Waals surface area contributed by atoms with Gasteiger partial charge in [0.2, 0.25) is 0 Å². The van der Waals surface area contributed by atoms with Crippen molar-refractivity contribution >= 4 is 0 Å². The maximum absolute atomic E-state index is 5.92. The van der Waals surface area contributed by atoms with E-state index in [1.165, 1.54) is 5.57 Å². The Morgan fingerprint density at radius 3 is 2.50 bits per heavy atom. The fraction of sp³-hybridized carbons (Fsp3) is 0.800. The van der Waals surface area contributed by atoms with Crippen LogP contribution in [0.25, 0.3) is 0 Å². The van der Waals surface area contributed by atoms with Gasteiger partial charge in [-0.15, -0.1) is 6.58 Å². The van der Waals surface area contributed by atoms with Crippen molar-refractivity contribution in [3.8, 4) is 0 Å². The predicted molar refractivity (Wildman–Crippen MR) is 53.1 cm³/mol. The lowest BCUT2D eigenvalue weighted by molar-refractivity contribution is 0.0749. The molecule has 2 unspecified atom stereocenters. The standard InChI is InChI=1S/C10H21NO/c1-5-10(12-4)9(11)7-6-8(2)3/h9-10H,2,5-7,11H2,1,3-4H3. The minimum atomic E-state index is 0.150. The van der Waals surface area contributed by atoms with Gasteiger partial charge in [0.25, 0.3) is 0 Å². The van der Waals surface area contributed by atoms with Gasteiger partial charge in [-0.05, 0) is 26.2 Å². The third kappa shape index (κ3) is 4.52. The van der Waals surface area contributed by atoms with Crippen LogP contribution in [0, 0.1) is 0 Å². The Labute approximate surface area is 75.8 Å². The van der Waals surface area contributed by atoms with E-state index < -0.39 is 0 Å². The average molecular weight is 171 g/mol. The molecule has 0 rings (SSSR count). The van der Waals surface area contributed by atoms with E-state index >= 15 is 0 Å². The molecule has 0 saturated heterocycles. The number of methoxy groups -OCH3 is 1. The lowest BCUT2D eigenvalue weighted by Gasteiger charge is -2.20. The van der Waals surface area contributed by atoms with Crippen molar-refractivity contribution in [1.82, 2.24) is 0 Å². The molecule has 2 heteroatoms. The van der Waals surface area contributed by atoms with E-state index in [2.05, 4.69) is 13.5 Å². The molecule has 0 heterocycles. The van der Waals surface area contributed by atoms with Crippen molar-refractivity contribution in [3.63, 3.8) is 0 Å². The molecule has 0 aromatic rings. The first-order valence-electron chi connectivity index (χ1n) is 4.54. The topological polar surface area (TPSA) is 35.2 Å².